The molecule has 0 bridgehead atoms. The first-order valence-electron chi connectivity index (χ1n) is 7.26. The van der Waals surface area contributed by atoms with Crippen LogP contribution in [-0.2, 0) is 0 Å². The van der Waals surface area contributed by atoms with Crippen LogP contribution in [0.15, 0.2) is 78.9 Å². The van der Waals surface area contributed by atoms with Gasteiger partial charge in [-0.1, -0.05) is 60.2 Å². The van der Waals surface area contributed by atoms with Crippen molar-refractivity contribution in [2.24, 2.45) is 0 Å². The second-order valence-electron chi connectivity index (χ2n) is 5.27. The van der Waals surface area contributed by atoms with Crippen molar-refractivity contribution in [2.75, 3.05) is 5.32 Å². The Morgan fingerprint density at radius 2 is 1.41 bits per heavy atom. The maximum absolute atomic E-state index is 12.5. The van der Waals surface area contributed by atoms with Crippen LogP contribution in [0.5, 0.6) is 0 Å². The van der Waals surface area contributed by atoms with Gasteiger partial charge in [0.1, 0.15) is 0 Å². The summed E-state index contributed by atoms with van der Waals surface area (Å²) in [6, 6.07) is 25.1. The Hall–Kier alpha value is -2.87. The summed E-state index contributed by atoms with van der Waals surface area (Å²) >= 11 is 0. The molecular weight excluding hydrogens is 270 g/mol. The SMILES string of the molecule is Cc1ccc(Nc2cccc(C(=O)c3ccccc3)c2)cc1. The molecule has 0 atom stereocenters. The number of anilines is 2. The Balaban J connectivity index is 1.83. The lowest BCUT2D eigenvalue weighted by atomic mass is 10.0. The Kier molecular flexibility index (Phi) is 4.01. The summed E-state index contributed by atoms with van der Waals surface area (Å²) in [6.07, 6.45) is 0. The van der Waals surface area contributed by atoms with Crippen molar-refractivity contribution in [3.8, 4) is 0 Å². The molecule has 0 saturated carbocycles. The summed E-state index contributed by atoms with van der Waals surface area (Å²) < 4.78 is 0. The fraction of sp³-hybridized carbons (Fsp3) is 0.0500. The van der Waals surface area contributed by atoms with Gasteiger partial charge in [-0.25, -0.2) is 0 Å². The van der Waals surface area contributed by atoms with Gasteiger partial charge in [-0.2, -0.15) is 0 Å². The molecule has 0 amide bonds. The molecule has 3 aromatic carbocycles. The van der Waals surface area contributed by atoms with Gasteiger partial charge in [0.15, 0.2) is 5.78 Å². The second-order valence-corrected chi connectivity index (χ2v) is 5.27. The van der Waals surface area contributed by atoms with Gasteiger partial charge in [0.05, 0.1) is 0 Å². The minimum absolute atomic E-state index is 0.0353. The van der Waals surface area contributed by atoms with E-state index in [1.807, 2.05) is 66.7 Å². The third-order valence-corrected chi connectivity index (χ3v) is 3.50. The normalized spacial score (nSPS) is 10.2. The number of carbonyl (C=O) groups excluding carboxylic acids is 1. The molecule has 0 aromatic heterocycles. The number of hydrogen-bond donors (Lipinski definition) is 1. The fourth-order valence-electron chi connectivity index (χ4n) is 2.30. The molecule has 0 heterocycles. The average Bonchev–Trinajstić information content (AvgIpc) is 2.57. The molecule has 0 radical (unpaired) electrons. The molecule has 2 nitrogen and oxygen atoms in total. The summed E-state index contributed by atoms with van der Waals surface area (Å²) in [6.45, 7) is 2.06. The average molecular weight is 287 g/mol. The number of nitrogens with one attached hydrogen (secondary N) is 1. The van der Waals surface area contributed by atoms with E-state index in [2.05, 4.69) is 24.4 Å². The van der Waals surface area contributed by atoms with Gasteiger partial charge in [0, 0.05) is 22.5 Å². The van der Waals surface area contributed by atoms with Crippen LogP contribution in [0.3, 0.4) is 0 Å². The molecule has 22 heavy (non-hydrogen) atoms. The first kappa shape index (κ1) is 14.1. The molecule has 0 aliphatic heterocycles. The highest BCUT2D eigenvalue weighted by Gasteiger charge is 2.08. The predicted octanol–water partition coefficient (Wildman–Crippen LogP) is 4.97. The predicted molar refractivity (Wildman–Crippen MR) is 90.8 cm³/mol. The molecule has 3 rings (SSSR count). The summed E-state index contributed by atoms with van der Waals surface area (Å²) in [5.74, 6) is 0.0353. The lowest BCUT2D eigenvalue weighted by Crippen LogP contribution is -2.01. The van der Waals surface area contributed by atoms with E-state index in [1.54, 1.807) is 0 Å². The van der Waals surface area contributed by atoms with Crippen LogP contribution >= 0.6 is 0 Å². The zero-order valence-electron chi connectivity index (χ0n) is 12.4. The van der Waals surface area contributed by atoms with Gasteiger partial charge in [0.25, 0.3) is 0 Å². The zero-order valence-corrected chi connectivity index (χ0v) is 12.4. The molecule has 1 N–H and O–H groups in total. The van der Waals surface area contributed by atoms with E-state index in [0.717, 1.165) is 11.4 Å². The molecule has 3 aromatic rings. The van der Waals surface area contributed by atoms with Gasteiger partial charge in [-0.05, 0) is 31.2 Å². The molecule has 0 aliphatic carbocycles. The van der Waals surface area contributed by atoms with Crippen LogP contribution in [0.25, 0.3) is 0 Å². The van der Waals surface area contributed by atoms with Crippen molar-refractivity contribution in [1.82, 2.24) is 0 Å². The topological polar surface area (TPSA) is 29.1 Å². The smallest absolute Gasteiger partial charge is 0.193 e. The lowest BCUT2D eigenvalue weighted by molar-refractivity contribution is 0.103. The molecule has 2 heteroatoms. The Morgan fingerprint density at radius 3 is 2.14 bits per heavy atom. The minimum atomic E-state index is 0.0353. The standard InChI is InChI=1S/C20H17NO/c1-15-10-12-18(13-11-15)21-19-9-5-8-17(14-19)20(22)16-6-3-2-4-7-16/h2-14,21H,1H3. The van der Waals surface area contributed by atoms with E-state index in [9.17, 15) is 4.79 Å². The maximum Gasteiger partial charge on any atom is 0.193 e. The minimum Gasteiger partial charge on any atom is -0.356 e. The van der Waals surface area contributed by atoms with E-state index in [4.69, 9.17) is 0 Å². The van der Waals surface area contributed by atoms with Gasteiger partial charge in [-0.15, -0.1) is 0 Å². The highest BCUT2D eigenvalue weighted by atomic mass is 16.1. The third-order valence-electron chi connectivity index (χ3n) is 3.50. The fourth-order valence-corrected chi connectivity index (χ4v) is 2.30. The van der Waals surface area contributed by atoms with Crippen molar-refractivity contribution in [2.45, 2.75) is 6.92 Å². The molecule has 0 aliphatic rings. The number of carbonyl (C=O) groups is 1. The van der Waals surface area contributed by atoms with Crippen molar-refractivity contribution in [3.05, 3.63) is 95.6 Å². The Labute approximate surface area is 130 Å². The molecule has 0 saturated heterocycles. The molecule has 0 spiro atoms. The van der Waals surface area contributed by atoms with Crippen LogP contribution in [0, 0.1) is 6.92 Å². The number of ketones is 1. The van der Waals surface area contributed by atoms with Gasteiger partial charge < -0.3 is 5.32 Å². The summed E-state index contributed by atoms with van der Waals surface area (Å²) in [7, 11) is 0. The van der Waals surface area contributed by atoms with Crippen molar-refractivity contribution in [3.63, 3.8) is 0 Å². The van der Waals surface area contributed by atoms with Crippen LogP contribution in [0.1, 0.15) is 21.5 Å². The van der Waals surface area contributed by atoms with E-state index >= 15 is 0 Å². The number of rotatable bonds is 4. The third kappa shape index (κ3) is 3.23. The molecule has 0 fully saturated rings. The van der Waals surface area contributed by atoms with Gasteiger partial charge in [-0.3, -0.25) is 4.79 Å². The zero-order chi connectivity index (χ0) is 15.4. The van der Waals surface area contributed by atoms with Crippen molar-refractivity contribution >= 4 is 17.2 Å². The van der Waals surface area contributed by atoms with Crippen molar-refractivity contribution < 1.29 is 4.79 Å². The van der Waals surface area contributed by atoms with E-state index < -0.39 is 0 Å². The van der Waals surface area contributed by atoms with Crippen molar-refractivity contribution in [1.29, 1.82) is 0 Å². The first-order chi connectivity index (χ1) is 10.7. The highest BCUT2D eigenvalue weighted by Crippen LogP contribution is 2.19. The molecule has 0 unspecified atom stereocenters. The lowest BCUT2D eigenvalue weighted by Gasteiger charge is -2.08. The second kappa shape index (κ2) is 6.27. The van der Waals surface area contributed by atoms with E-state index in [1.165, 1.54) is 5.56 Å². The first-order valence-corrected chi connectivity index (χ1v) is 7.26. The van der Waals surface area contributed by atoms with Crippen LogP contribution < -0.4 is 5.32 Å². The Bertz CT molecular complexity index is 776. The van der Waals surface area contributed by atoms with Gasteiger partial charge in [0.2, 0.25) is 0 Å². The number of benzene rings is 3. The Morgan fingerprint density at radius 1 is 0.727 bits per heavy atom. The largest absolute Gasteiger partial charge is 0.356 e. The number of hydrogen-bond acceptors (Lipinski definition) is 2. The summed E-state index contributed by atoms with van der Waals surface area (Å²) in [5, 5.41) is 3.33. The monoisotopic (exact) mass is 287 g/mol. The number of aryl methyl sites for hydroxylation is 1. The molecular formula is C20H17NO. The van der Waals surface area contributed by atoms with Gasteiger partial charge >= 0.3 is 0 Å². The maximum atomic E-state index is 12.5. The highest BCUT2D eigenvalue weighted by molar-refractivity contribution is 6.09. The van der Waals surface area contributed by atoms with Crippen LogP contribution in [-0.4, -0.2) is 5.78 Å². The molecule has 108 valence electrons. The van der Waals surface area contributed by atoms with Crippen LogP contribution in [0.2, 0.25) is 0 Å². The van der Waals surface area contributed by atoms with E-state index in [0.29, 0.717) is 11.1 Å². The van der Waals surface area contributed by atoms with E-state index in [-0.39, 0.29) is 5.78 Å². The summed E-state index contributed by atoms with van der Waals surface area (Å²) in [4.78, 5) is 12.5. The quantitative estimate of drug-likeness (QED) is 0.686. The van der Waals surface area contributed by atoms with Crippen LogP contribution in [0.4, 0.5) is 11.4 Å². The summed E-state index contributed by atoms with van der Waals surface area (Å²) in [5.41, 5.74) is 4.53.